The Bertz CT molecular complexity index is 726. The minimum Gasteiger partial charge on any atom is -0.488 e. The summed E-state index contributed by atoms with van der Waals surface area (Å²) in [6.45, 7) is 4.51. The number of halogens is 1. The number of hydrogen-bond acceptors (Lipinski definition) is 6. The summed E-state index contributed by atoms with van der Waals surface area (Å²) >= 11 is 1.29. The van der Waals surface area contributed by atoms with Crippen LogP contribution in [0, 0.1) is 6.92 Å². The quantitative estimate of drug-likeness (QED) is 0.747. The molecule has 0 amide bonds. The molecule has 2 aromatic rings. The first kappa shape index (κ1) is 17.0. The number of carbonyl (C=O) groups excluding carboxylic acids is 1. The van der Waals surface area contributed by atoms with Gasteiger partial charge in [0.05, 0.1) is 25.3 Å². The van der Waals surface area contributed by atoms with E-state index in [1.165, 1.54) is 18.3 Å². The normalized spacial score (nSPS) is 18.5. The van der Waals surface area contributed by atoms with Crippen LogP contribution in [-0.4, -0.2) is 35.1 Å². The molecule has 7 heteroatoms. The fourth-order valence-electron chi connectivity index (χ4n) is 2.46. The topological polar surface area (TPSA) is 61.3 Å². The van der Waals surface area contributed by atoms with Crippen LogP contribution in [0.15, 0.2) is 17.5 Å². The van der Waals surface area contributed by atoms with E-state index in [0.29, 0.717) is 41.1 Å². The summed E-state index contributed by atoms with van der Waals surface area (Å²) in [5.41, 5.74) is 1.42. The molecule has 128 valence electrons. The lowest BCUT2D eigenvalue weighted by atomic mass is 10.2. The van der Waals surface area contributed by atoms with E-state index in [1.807, 2.05) is 6.92 Å². The van der Waals surface area contributed by atoms with Gasteiger partial charge >= 0.3 is 0 Å². The maximum Gasteiger partial charge on any atom is 0.188 e. The highest BCUT2D eigenvalue weighted by atomic mass is 32.1. The lowest BCUT2D eigenvalue weighted by molar-refractivity contribution is 0.0986. The minimum atomic E-state index is -1.13. The molecule has 1 aliphatic rings. The third-order valence-corrected chi connectivity index (χ3v) is 4.56. The molecule has 0 saturated carbocycles. The number of hydrogen-bond donors (Lipinski definition) is 0. The number of alkyl halides is 1. The van der Waals surface area contributed by atoms with Crippen molar-refractivity contribution >= 4 is 17.1 Å². The van der Waals surface area contributed by atoms with Crippen LogP contribution in [0.4, 0.5) is 4.39 Å². The molecule has 0 bridgehead atoms. The Morgan fingerprint density at radius 2 is 2.33 bits per heavy atom. The molecule has 3 heterocycles. The number of ketones is 1. The van der Waals surface area contributed by atoms with Gasteiger partial charge in [0.1, 0.15) is 28.7 Å². The van der Waals surface area contributed by atoms with Crippen LogP contribution in [0.3, 0.4) is 0 Å². The molecule has 1 saturated heterocycles. The second-order valence-electron chi connectivity index (χ2n) is 5.81. The molecule has 0 radical (unpaired) electrons. The molecule has 1 unspecified atom stereocenters. The van der Waals surface area contributed by atoms with E-state index in [9.17, 15) is 9.18 Å². The first-order valence-electron chi connectivity index (χ1n) is 7.86. The zero-order valence-corrected chi connectivity index (χ0v) is 14.4. The SMILES string of the molecule is Cc1cc(O[C@@H]2CCOC2)cc(C(=O)Cc2nc(C(C)F)cs2)n1. The third-order valence-electron chi connectivity index (χ3n) is 3.69. The lowest BCUT2D eigenvalue weighted by Gasteiger charge is -2.13. The van der Waals surface area contributed by atoms with Crippen molar-refractivity contribution < 1.29 is 18.7 Å². The molecule has 1 fully saturated rings. The number of ether oxygens (including phenoxy) is 2. The summed E-state index contributed by atoms with van der Waals surface area (Å²) in [5, 5.41) is 2.24. The molecule has 0 aromatic carbocycles. The maximum absolute atomic E-state index is 13.2. The van der Waals surface area contributed by atoms with Crippen LogP contribution < -0.4 is 4.74 Å². The maximum atomic E-state index is 13.2. The van der Waals surface area contributed by atoms with Crippen molar-refractivity contribution in [2.75, 3.05) is 13.2 Å². The van der Waals surface area contributed by atoms with Crippen molar-refractivity contribution in [3.8, 4) is 5.75 Å². The summed E-state index contributed by atoms with van der Waals surface area (Å²) in [6, 6.07) is 3.46. The Morgan fingerprint density at radius 3 is 3.00 bits per heavy atom. The number of thiazole rings is 1. The van der Waals surface area contributed by atoms with E-state index < -0.39 is 6.17 Å². The van der Waals surface area contributed by atoms with Gasteiger partial charge in [-0.25, -0.2) is 14.4 Å². The van der Waals surface area contributed by atoms with E-state index in [1.54, 1.807) is 17.5 Å². The Labute approximate surface area is 143 Å². The summed E-state index contributed by atoms with van der Waals surface area (Å²) in [7, 11) is 0. The Balaban J connectivity index is 1.72. The standard InChI is InChI=1S/C17H19FN2O3S/c1-10-5-13(23-12-3-4-22-8-12)6-14(19-10)16(21)7-17-20-15(9-24-17)11(2)18/h5-6,9,11-12H,3-4,7-8H2,1-2H3/t11?,12-/m1/s1. The van der Waals surface area contributed by atoms with E-state index >= 15 is 0 Å². The van der Waals surface area contributed by atoms with Crippen molar-refractivity contribution in [1.29, 1.82) is 0 Å². The molecular weight excluding hydrogens is 331 g/mol. The van der Waals surface area contributed by atoms with Crippen LogP contribution in [0.5, 0.6) is 5.75 Å². The summed E-state index contributed by atoms with van der Waals surface area (Å²) in [6.07, 6.45) is -0.161. The molecule has 1 aliphatic heterocycles. The molecule has 0 spiro atoms. The van der Waals surface area contributed by atoms with Crippen LogP contribution in [0.25, 0.3) is 0 Å². The number of nitrogens with zero attached hydrogens (tertiary/aromatic N) is 2. The number of aryl methyl sites for hydroxylation is 1. The molecule has 3 rings (SSSR count). The lowest BCUT2D eigenvalue weighted by Crippen LogP contribution is -2.16. The zero-order chi connectivity index (χ0) is 17.1. The van der Waals surface area contributed by atoms with Gasteiger partial charge in [0.25, 0.3) is 0 Å². The largest absolute Gasteiger partial charge is 0.488 e. The second kappa shape index (κ2) is 7.36. The first-order chi connectivity index (χ1) is 11.5. The van der Waals surface area contributed by atoms with Gasteiger partial charge in [-0.1, -0.05) is 0 Å². The van der Waals surface area contributed by atoms with E-state index in [-0.39, 0.29) is 18.3 Å². The van der Waals surface area contributed by atoms with E-state index in [0.717, 1.165) is 6.42 Å². The van der Waals surface area contributed by atoms with Gasteiger partial charge in [-0.05, 0) is 13.8 Å². The van der Waals surface area contributed by atoms with Gasteiger partial charge in [-0.15, -0.1) is 11.3 Å². The van der Waals surface area contributed by atoms with Gasteiger partial charge < -0.3 is 9.47 Å². The van der Waals surface area contributed by atoms with Gasteiger partial charge in [-0.3, -0.25) is 4.79 Å². The van der Waals surface area contributed by atoms with E-state index in [2.05, 4.69) is 9.97 Å². The highest BCUT2D eigenvalue weighted by Gasteiger charge is 2.19. The summed E-state index contributed by atoms with van der Waals surface area (Å²) in [4.78, 5) is 20.9. The van der Waals surface area contributed by atoms with Crippen LogP contribution in [-0.2, 0) is 11.2 Å². The molecule has 24 heavy (non-hydrogen) atoms. The average molecular weight is 350 g/mol. The number of aromatic nitrogens is 2. The number of Topliss-reactive ketones (excluding diaryl/α,β-unsaturated/α-hetero) is 1. The molecule has 0 aliphatic carbocycles. The molecule has 2 atom stereocenters. The van der Waals surface area contributed by atoms with Gasteiger partial charge in [-0.2, -0.15) is 0 Å². The average Bonchev–Trinajstić information content (AvgIpc) is 3.18. The molecule has 2 aromatic heterocycles. The minimum absolute atomic E-state index is 0.0160. The number of pyridine rings is 1. The Kier molecular flexibility index (Phi) is 5.20. The van der Waals surface area contributed by atoms with Crippen molar-refractivity contribution in [1.82, 2.24) is 9.97 Å². The smallest absolute Gasteiger partial charge is 0.188 e. The second-order valence-corrected chi connectivity index (χ2v) is 6.76. The fraction of sp³-hybridized carbons (Fsp3) is 0.471. The van der Waals surface area contributed by atoms with Crippen molar-refractivity contribution in [3.63, 3.8) is 0 Å². The van der Waals surface area contributed by atoms with Crippen molar-refractivity contribution in [3.05, 3.63) is 39.6 Å². The van der Waals surface area contributed by atoms with E-state index in [4.69, 9.17) is 9.47 Å². The van der Waals surface area contributed by atoms with Crippen molar-refractivity contribution in [2.24, 2.45) is 0 Å². The van der Waals surface area contributed by atoms with Gasteiger partial charge in [0.2, 0.25) is 0 Å². The van der Waals surface area contributed by atoms with Crippen LogP contribution in [0.2, 0.25) is 0 Å². The van der Waals surface area contributed by atoms with Gasteiger partial charge in [0.15, 0.2) is 5.78 Å². The Morgan fingerprint density at radius 1 is 1.50 bits per heavy atom. The van der Waals surface area contributed by atoms with Crippen molar-refractivity contribution in [2.45, 2.75) is 39.0 Å². The highest BCUT2D eigenvalue weighted by molar-refractivity contribution is 7.09. The number of carbonyl (C=O) groups is 1. The van der Waals surface area contributed by atoms with Gasteiger partial charge in [0, 0.05) is 29.6 Å². The first-order valence-corrected chi connectivity index (χ1v) is 8.74. The monoisotopic (exact) mass is 350 g/mol. The van der Waals surface area contributed by atoms with Crippen LogP contribution >= 0.6 is 11.3 Å². The molecule has 5 nitrogen and oxygen atoms in total. The predicted molar refractivity (Wildman–Crippen MR) is 88.5 cm³/mol. The summed E-state index contributed by atoms with van der Waals surface area (Å²) < 4.78 is 24.4. The molecular formula is C17H19FN2O3S. The molecule has 0 N–H and O–H groups in total. The zero-order valence-electron chi connectivity index (χ0n) is 13.6. The highest BCUT2D eigenvalue weighted by Crippen LogP contribution is 2.22. The summed E-state index contributed by atoms with van der Waals surface area (Å²) in [5.74, 6) is 0.470. The fourth-order valence-corrected chi connectivity index (χ4v) is 3.33. The predicted octanol–water partition coefficient (Wildman–Crippen LogP) is 3.47. The van der Waals surface area contributed by atoms with Crippen LogP contribution in [0.1, 0.15) is 46.4 Å². The number of rotatable bonds is 6. The Hall–Kier alpha value is -1.86. The third kappa shape index (κ3) is 4.15.